The van der Waals surface area contributed by atoms with Gasteiger partial charge in [0.05, 0.1) is 16.7 Å². The molecule has 1 atom stereocenters. The SMILES string of the molecule is N#Cc1c(NC(=O)COC(=O)c2ccc3c(c2)CC(c2ccccc2)OC3=O)sc2c1CCC2. The number of anilines is 1. The van der Waals surface area contributed by atoms with Gasteiger partial charge in [-0.25, -0.2) is 9.59 Å². The molecule has 1 unspecified atom stereocenters. The second-order valence-electron chi connectivity index (χ2n) is 8.18. The zero-order valence-electron chi connectivity index (χ0n) is 18.1. The minimum Gasteiger partial charge on any atom is -0.454 e. The molecule has 1 aromatic heterocycles. The van der Waals surface area contributed by atoms with Gasteiger partial charge in [-0.2, -0.15) is 5.26 Å². The van der Waals surface area contributed by atoms with E-state index in [0.717, 1.165) is 35.3 Å². The molecule has 2 heterocycles. The smallest absolute Gasteiger partial charge is 0.339 e. The van der Waals surface area contributed by atoms with Crippen molar-refractivity contribution in [1.29, 1.82) is 5.26 Å². The van der Waals surface area contributed by atoms with Crippen LogP contribution in [0.25, 0.3) is 0 Å². The van der Waals surface area contributed by atoms with Crippen LogP contribution in [0, 0.1) is 11.3 Å². The molecule has 8 heteroatoms. The van der Waals surface area contributed by atoms with Crippen LogP contribution >= 0.6 is 11.3 Å². The Hall–Kier alpha value is -3.96. The summed E-state index contributed by atoms with van der Waals surface area (Å²) in [6.07, 6.45) is 2.78. The van der Waals surface area contributed by atoms with Gasteiger partial charge in [-0.05, 0) is 54.2 Å². The maximum atomic E-state index is 12.6. The van der Waals surface area contributed by atoms with Gasteiger partial charge in [-0.3, -0.25) is 4.79 Å². The second kappa shape index (κ2) is 9.12. The van der Waals surface area contributed by atoms with Crippen LogP contribution in [0.1, 0.15) is 60.4 Å². The molecule has 34 heavy (non-hydrogen) atoms. The number of cyclic esters (lactones) is 1. The number of carbonyl (C=O) groups is 3. The van der Waals surface area contributed by atoms with E-state index in [-0.39, 0.29) is 5.56 Å². The second-order valence-corrected chi connectivity index (χ2v) is 9.28. The van der Waals surface area contributed by atoms with Crippen LogP contribution in [-0.4, -0.2) is 24.5 Å². The van der Waals surface area contributed by atoms with E-state index in [2.05, 4.69) is 11.4 Å². The average Bonchev–Trinajstić information content (AvgIpc) is 3.43. The van der Waals surface area contributed by atoms with Crippen LogP contribution in [0.2, 0.25) is 0 Å². The van der Waals surface area contributed by atoms with Crippen molar-refractivity contribution in [1.82, 2.24) is 0 Å². The van der Waals surface area contributed by atoms with Crippen LogP contribution in [0.3, 0.4) is 0 Å². The van der Waals surface area contributed by atoms with Crippen LogP contribution in [0.15, 0.2) is 48.5 Å². The number of nitrogens with zero attached hydrogens (tertiary/aromatic N) is 1. The first-order valence-corrected chi connectivity index (χ1v) is 11.8. The van der Waals surface area contributed by atoms with Crippen molar-refractivity contribution >= 4 is 34.2 Å². The van der Waals surface area contributed by atoms with E-state index in [0.29, 0.717) is 28.1 Å². The maximum absolute atomic E-state index is 12.6. The Morgan fingerprint density at radius 3 is 2.79 bits per heavy atom. The van der Waals surface area contributed by atoms with Crippen LogP contribution in [-0.2, 0) is 33.5 Å². The number of hydrogen-bond donors (Lipinski definition) is 1. The third-order valence-corrected chi connectivity index (χ3v) is 7.21. The lowest BCUT2D eigenvalue weighted by molar-refractivity contribution is -0.119. The lowest BCUT2D eigenvalue weighted by atomic mass is 9.93. The first-order chi connectivity index (χ1) is 16.5. The van der Waals surface area contributed by atoms with E-state index < -0.39 is 30.6 Å². The van der Waals surface area contributed by atoms with E-state index in [9.17, 15) is 19.6 Å². The largest absolute Gasteiger partial charge is 0.454 e. The van der Waals surface area contributed by atoms with Crippen molar-refractivity contribution in [2.45, 2.75) is 31.8 Å². The van der Waals surface area contributed by atoms with Crippen molar-refractivity contribution in [2.24, 2.45) is 0 Å². The molecule has 0 saturated heterocycles. The van der Waals surface area contributed by atoms with Crippen molar-refractivity contribution in [3.05, 3.63) is 86.8 Å². The summed E-state index contributed by atoms with van der Waals surface area (Å²) in [5.41, 5.74) is 3.75. The topological polar surface area (TPSA) is 105 Å². The summed E-state index contributed by atoms with van der Waals surface area (Å²) in [6, 6.07) is 16.2. The quantitative estimate of drug-likeness (QED) is 0.553. The number of thiophene rings is 1. The number of nitrogens with one attached hydrogen (secondary N) is 1. The van der Waals surface area contributed by atoms with Crippen molar-refractivity contribution < 1.29 is 23.9 Å². The monoisotopic (exact) mass is 472 g/mol. The summed E-state index contributed by atoms with van der Waals surface area (Å²) in [7, 11) is 0. The number of esters is 2. The molecule has 1 N–H and O–H groups in total. The number of nitriles is 1. The molecule has 0 fully saturated rings. The first kappa shape index (κ1) is 21.9. The van der Waals surface area contributed by atoms with Gasteiger partial charge < -0.3 is 14.8 Å². The van der Waals surface area contributed by atoms with Gasteiger partial charge in [0.15, 0.2) is 6.61 Å². The number of carbonyl (C=O) groups excluding carboxylic acids is 3. The van der Waals surface area contributed by atoms with Gasteiger partial charge in [0, 0.05) is 11.3 Å². The Balaban J connectivity index is 1.24. The third kappa shape index (κ3) is 4.18. The normalized spacial score (nSPS) is 16.1. The van der Waals surface area contributed by atoms with Crippen molar-refractivity contribution in [3.8, 4) is 6.07 Å². The number of rotatable bonds is 5. The number of fused-ring (bicyclic) bond motifs is 2. The molecule has 0 radical (unpaired) electrons. The molecule has 1 amide bonds. The summed E-state index contributed by atoms with van der Waals surface area (Å²) in [6.45, 7) is -0.474. The minimum absolute atomic E-state index is 0.251. The van der Waals surface area contributed by atoms with Crippen LogP contribution in [0.5, 0.6) is 0 Å². The number of hydrogen-bond acceptors (Lipinski definition) is 7. The molecule has 3 aromatic rings. The van der Waals surface area contributed by atoms with Gasteiger partial charge in [-0.15, -0.1) is 11.3 Å². The molecule has 0 spiro atoms. The summed E-state index contributed by atoms with van der Waals surface area (Å²) >= 11 is 1.41. The molecule has 7 nitrogen and oxygen atoms in total. The Bertz CT molecular complexity index is 1340. The zero-order valence-corrected chi connectivity index (χ0v) is 18.9. The zero-order chi connectivity index (χ0) is 23.7. The Kier molecular flexibility index (Phi) is 5.86. The van der Waals surface area contributed by atoms with Gasteiger partial charge in [0.1, 0.15) is 17.2 Å². The van der Waals surface area contributed by atoms with Gasteiger partial charge >= 0.3 is 11.9 Å². The molecular weight excluding hydrogens is 452 g/mol. The molecule has 170 valence electrons. The number of aryl methyl sites for hydroxylation is 1. The number of amides is 1. The Morgan fingerprint density at radius 1 is 1.18 bits per heavy atom. The van der Waals surface area contributed by atoms with Crippen LogP contribution < -0.4 is 5.32 Å². The van der Waals surface area contributed by atoms with E-state index in [4.69, 9.17) is 9.47 Å². The summed E-state index contributed by atoms with van der Waals surface area (Å²) in [4.78, 5) is 38.5. The third-order valence-electron chi connectivity index (χ3n) is 6.01. The van der Waals surface area contributed by atoms with E-state index in [1.165, 1.54) is 17.4 Å². The van der Waals surface area contributed by atoms with Crippen molar-refractivity contribution in [2.75, 3.05) is 11.9 Å². The predicted octanol–water partition coefficient (Wildman–Crippen LogP) is 4.36. The molecule has 5 rings (SSSR count). The number of ether oxygens (including phenoxy) is 2. The standard InChI is InChI=1S/C26H20N2O5S/c27-13-20-19-7-4-8-22(19)34-24(20)28-23(29)14-32-25(30)16-9-10-18-17(11-16)12-21(33-26(18)31)15-5-2-1-3-6-15/h1-3,5-6,9-11,21H,4,7-8,12,14H2,(H,28,29). The lowest BCUT2D eigenvalue weighted by Crippen LogP contribution is -2.23. The molecule has 1 aliphatic carbocycles. The van der Waals surface area contributed by atoms with Gasteiger partial charge in [0.25, 0.3) is 5.91 Å². The maximum Gasteiger partial charge on any atom is 0.339 e. The van der Waals surface area contributed by atoms with Gasteiger partial charge in [-0.1, -0.05) is 30.3 Å². The minimum atomic E-state index is -0.665. The summed E-state index contributed by atoms with van der Waals surface area (Å²) < 4.78 is 10.7. The van der Waals surface area contributed by atoms with Gasteiger partial charge in [0.2, 0.25) is 0 Å². The fourth-order valence-corrected chi connectivity index (χ4v) is 5.62. The lowest BCUT2D eigenvalue weighted by Gasteiger charge is -2.25. The molecule has 1 aliphatic heterocycles. The van der Waals surface area contributed by atoms with E-state index in [1.807, 2.05) is 30.3 Å². The molecule has 0 saturated carbocycles. The Morgan fingerprint density at radius 2 is 2.00 bits per heavy atom. The Labute approximate surface area is 199 Å². The molecular formula is C26H20N2O5S. The summed E-state index contributed by atoms with van der Waals surface area (Å²) in [5, 5.41) is 12.6. The fraction of sp³-hybridized carbons (Fsp3) is 0.231. The molecule has 2 aromatic carbocycles. The highest BCUT2D eigenvalue weighted by Gasteiger charge is 2.28. The molecule has 2 aliphatic rings. The average molecular weight is 473 g/mol. The predicted molar refractivity (Wildman–Crippen MR) is 125 cm³/mol. The first-order valence-electron chi connectivity index (χ1n) is 10.9. The van der Waals surface area contributed by atoms with Crippen LogP contribution in [0.4, 0.5) is 5.00 Å². The van der Waals surface area contributed by atoms with E-state index in [1.54, 1.807) is 12.1 Å². The van der Waals surface area contributed by atoms with E-state index >= 15 is 0 Å². The van der Waals surface area contributed by atoms with Crippen molar-refractivity contribution in [3.63, 3.8) is 0 Å². The number of benzene rings is 2. The highest BCUT2D eigenvalue weighted by molar-refractivity contribution is 7.16. The fourth-order valence-electron chi connectivity index (χ4n) is 4.36. The molecule has 0 bridgehead atoms. The highest BCUT2D eigenvalue weighted by Crippen LogP contribution is 2.38. The highest BCUT2D eigenvalue weighted by atomic mass is 32.1. The summed E-state index contributed by atoms with van der Waals surface area (Å²) in [5.74, 6) is -1.61.